The first-order valence-electron chi connectivity index (χ1n) is 12.4. The minimum atomic E-state index is -0.358. The first-order valence-corrected chi connectivity index (χ1v) is 14.0. The summed E-state index contributed by atoms with van der Waals surface area (Å²) in [6.07, 6.45) is 1.66. The normalized spacial score (nSPS) is 14.4. The van der Waals surface area contributed by atoms with Crippen LogP contribution in [0.3, 0.4) is 0 Å². The van der Waals surface area contributed by atoms with Gasteiger partial charge >= 0.3 is 0 Å². The molecule has 1 fully saturated rings. The van der Waals surface area contributed by atoms with E-state index in [0.29, 0.717) is 43.5 Å². The van der Waals surface area contributed by atoms with Crippen molar-refractivity contribution in [3.63, 3.8) is 0 Å². The van der Waals surface area contributed by atoms with Crippen LogP contribution in [0.5, 0.6) is 17.2 Å². The summed E-state index contributed by atoms with van der Waals surface area (Å²) in [4.78, 5) is 27.2. The summed E-state index contributed by atoms with van der Waals surface area (Å²) in [5, 5.41) is 0.665. The van der Waals surface area contributed by atoms with Crippen molar-refractivity contribution in [1.82, 2.24) is 4.90 Å². The molecule has 2 amide bonds. The zero-order valence-corrected chi connectivity index (χ0v) is 24.5. The van der Waals surface area contributed by atoms with Gasteiger partial charge < -0.3 is 14.2 Å². The molecule has 1 heterocycles. The highest BCUT2D eigenvalue weighted by Gasteiger charge is 2.35. The molecule has 0 radical (unpaired) electrons. The summed E-state index contributed by atoms with van der Waals surface area (Å²) >= 11 is 13.4. The van der Waals surface area contributed by atoms with Gasteiger partial charge in [-0.25, -0.2) is 0 Å². The second-order valence-corrected chi connectivity index (χ2v) is 11.1. The van der Waals surface area contributed by atoms with Crippen LogP contribution in [0.15, 0.2) is 59.5 Å². The molecule has 9 heteroatoms. The van der Waals surface area contributed by atoms with Crippen molar-refractivity contribution in [2.24, 2.45) is 0 Å². The van der Waals surface area contributed by atoms with E-state index < -0.39 is 0 Å². The van der Waals surface area contributed by atoms with Crippen LogP contribution in [0.1, 0.15) is 42.0 Å². The average molecular weight is 587 g/mol. The van der Waals surface area contributed by atoms with E-state index in [1.165, 1.54) is 4.90 Å². The predicted octanol–water partition coefficient (Wildman–Crippen LogP) is 8.13. The Kier molecular flexibility index (Phi) is 9.49. The molecule has 0 aliphatic carbocycles. The molecule has 6 nitrogen and oxygen atoms in total. The van der Waals surface area contributed by atoms with Crippen LogP contribution >= 0.6 is 35.0 Å². The number of imide groups is 1. The van der Waals surface area contributed by atoms with E-state index >= 15 is 0 Å². The Labute approximate surface area is 242 Å². The van der Waals surface area contributed by atoms with Gasteiger partial charge in [-0.2, -0.15) is 0 Å². The van der Waals surface area contributed by atoms with Crippen LogP contribution in [0, 0.1) is 6.92 Å². The molecular formula is C30H29Cl2NO5S. The molecule has 39 heavy (non-hydrogen) atoms. The molecule has 0 atom stereocenters. The largest absolute Gasteiger partial charge is 0.493 e. The SMILES string of the molecule is COc1ccc(/C=C2\SC(=O)N(CCOc3cc(C)ccc3C(C)C)C2=O)cc1OCc1c(Cl)cccc1Cl. The number of benzene rings is 3. The lowest BCUT2D eigenvalue weighted by molar-refractivity contribution is -0.123. The lowest BCUT2D eigenvalue weighted by atomic mass is 10.0. The molecule has 4 rings (SSSR count). The number of aryl methyl sites for hydroxylation is 1. The van der Waals surface area contributed by atoms with Gasteiger partial charge in [-0.05, 0) is 77.7 Å². The Morgan fingerprint density at radius 1 is 0.949 bits per heavy atom. The fourth-order valence-electron chi connectivity index (χ4n) is 4.05. The molecule has 1 aliphatic heterocycles. The van der Waals surface area contributed by atoms with Crippen molar-refractivity contribution in [2.45, 2.75) is 33.3 Å². The zero-order chi connectivity index (χ0) is 28.1. The molecule has 3 aromatic carbocycles. The summed E-state index contributed by atoms with van der Waals surface area (Å²) in [5.74, 6) is 1.67. The Bertz CT molecular complexity index is 1400. The molecule has 0 unspecified atom stereocenters. The fourth-order valence-corrected chi connectivity index (χ4v) is 5.42. The number of carbonyl (C=O) groups excluding carboxylic acids is 2. The van der Waals surface area contributed by atoms with E-state index in [0.717, 1.165) is 28.6 Å². The van der Waals surface area contributed by atoms with Crippen LogP contribution in [-0.4, -0.2) is 36.3 Å². The van der Waals surface area contributed by atoms with E-state index in [4.69, 9.17) is 37.4 Å². The fraction of sp³-hybridized carbons (Fsp3) is 0.267. The standard InChI is InChI=1S/C30H29Cl2NO5S/c1-18(2)21-10-8-19(3)14-26(21)37-13-12-33-29(34)28(39-30(33)35)16-20-9-11-25(36-4)27(15-20)38-17-22-23(31)6-5-7-24(22)32/h5-11,14-16,18H,12-13,17H2,1-4H3/b28-16-. The molecule has 1 saturated heterocycles. The van der Waals surface area contributed by atoms with E-state index in [1.54, 1.807) is 49.6 Å². The number of hydrogen-bond acceptors (Lipinski definition) is 6. The van der Waals surface area contributed by atoms with Gasteiger partial charge in [-0.15, -0.1) is 0 Å². The zero-order valence-electron chi connectivity index (χ0n) is 22.1. The van der Waals surface area contributed by atoms with Crippen molar-refractivity contribution in [1.29, 1.82) is 0 Å². The smallest absolute Gasteiger partial charge is 0.293 e. The summed E-state index contributed by atoms with van der Waals surface area (Å²) in [6, 6.07) is 16.6. The highest BCUT2D eigenvalue weighted by atomic mass is 35.5. The molecule has 0 spiro atoms. The maximum Gasteiger partial charge on any atom is 0.293 e. The van der Waals surface area contributed by atoms with E-state index in [9.17, 15) is 9.59 Å². The third-order valence-corrected chi connectivity index (χ3v) is 7.77. The van der Waals surface area contributed by atoms with Gasteiger partial charge in [-0.3, -0.25) is 14.5 Å². The third-order valence-electron chi connectivity index (χ3n) is 6.16. The van der Waals surface area contributed by atoms with Crippen LogP contribution < -0.4 is 14.2 Å². The van der Waals surface area contributed by atoms with Gasteiger partial charge in [0.05, 0.1) is 18.6 Å². The van der Waals surface area contributed by atoms with Crippen LogP contribution in [0.4, 0.5) is 4.79 Å². The number of ether oxygens (including phenoxy) is 3. The first-order chi connectivity index (χ1) is 18.7. The second-order valence-electron chi connectivity index (χ2n) is 9.28. The number of methoxy groups -OCH3 is 1. The van der Waals surface area contributed by atoms with E-state index in [1.807, 2.05) is 25.1 Å². The molecule has 0 saturated carbocycles. The number of carbonyl (C=O) groups is 2. The van der Waals surface area contributed by atoms with Crippen molar-refractivity contribution >= 4 is 52.2 Å². The monoisotopic (exact) mass is 585 g/mol. The van der Waals surface area contributed by atoms with Gasteiger partial charge in [0.15, 0.2) is 11.5 Å². The highest BCUT2D eigenvalue weighted by Crippen LogP contribution is 2.36. The highest BCUT2D eigenvalue weighted by molar-refractivity contribution is 8.18. The second kappa shape index (κ2) is 12.8. The maximum atomic E-state index is 13.1. The summed E-state index contributed by atoms with van der Waals surface area (Å²) in [5.41, 5.74) is 3.51. The van der Waals surface area contributed by atoms with Gasteiger partial charge in [0.1, 0.15) is 19.0 Å². The molecule has 0 aromatic heterocycles. The molecule has 1 aliphatic rings. The number of amides is 2. The minimum Gasteiger partial charge on any atom is -0.493 e. The van der Waals surface area contributed by atoms with Crippen LogP contribution in [0.25, 0.3) is 6.08 Å². The lowest BCUT2D eigenvalue weighted by Crippen LogP contribution is -2.32. The number of hydrogen-bond donors (Lipinski definition) is 0. The van der Waals surface area contributed by atoms with Gasteiger partial charge in [0.2, 0.25) is 0 Å². The van der Waals surface area contributed by atoms with Gasteiger partial charge in [-0.1, -0.05) is 61.3 Å². The summed E-state index contributed by atoms with van der Waals surface area (Å²) < 4.78 is 17.4. The Morgan fingerprint density at radius 3 is 2.38 bits per heavy atom. The Hall–Kier alpha value is -3.13. The van der Waals surface area contributed by atoms with Gasteiger partial charge in [0.25, 0.3) is 11.1 Å². The maximum absolute atomic E-state index is 13.1. The minimum absolute atomic E-state index is 0.133. The molecular weight excluding hydrogens is 557 g/mol. The van der Waals surface area contributed by atoms with Crippen LogP contribution in [0.2, 0.25) is 10.0 Å². The Balaban J connectivity index is 1.45. The quantitative estimate of drug-likeness (QED) is 0.224. The number of thioether (sulfide) groups is 1. The van der Waals surface area contributed by atoms with E-state index in [-0.39, 0.29) is 30.9 Å². The van der Waals surface area contributed by atoms with E-state index in [2.05, 4.69) is 13.8 Å². The van der Waals surface area contributed by atoms with Crippen molar-refractivity contribution in [3.05, 3.63) is 91.8 Å². The first kappa shape index (κ1) is 28.9. The van der Waals surface area contributed by atoms with Crippen molar-refractivity contribution in [2.75, 3.05) is 20.3 Å². The molecule has 0 bridgehead atoms. The summed E-state index contributed by atoms with van der Waals surface area (Å²) in [7, 11) is 1.54. The molecule has 204 valence electrons. The number of nitrogens with zero attached hydrogens (tertiary/aromatic N) is 1. The number of halogens is 2. The summed E-state index contributed by atoms with van der Waals surface area (Å²) in [6.45, 7) is 6.69. The lowest BCUT2D eigenvalue weighted by Gasteiger charge is -2.17. The van der Waals surface area contributed by atoms with Crippen molar-refractivity contribution in [3.8, 4) is 17.2 Å². The van der Waals surface area contributed by atoms with Crippen molar-refractivity contribution < 1.29 is 23.8 Å². The molecule has 0 N–H and O–H groups in total. The van der Waals surface area contributed by atoms with Gasteiger partial charge in [0, 0.05) is 15.6 Å². The topological polar surface area (TPSA) is 65.1 Å². The van der Waals surface area contributed by atoms with Crippen LogP contribution in [-0.2, 0) is 11.4 Å². The predicted molar refractivity (Wildman–Crippen MR) is 157 cm³/mol. The third kappa shape index (κ3) is 6.90. The molecule has 3 aromatic rings. The Morgan fingerprint density at radius 2 is 1.69 bits per heavy atom. The number of rotatable bonds is 10. The average Bonchev–Trinajstić information content (AvgIpc) is 3.15.